The van der Waals surface area contributed by atoms with Gasteiger partial charge in [0.1, 0.15) is 12.1 Å². The number of amides is 4. The number of halogens is 1. The number of carbonyl (C=O) groups excluding carboxylic acids is 4. The summed E-state index contributed by atoms with van der Waals surface area (Å²) in [6, 6.07) is 3.60. The summed E-state index contributed by atoms with van der Waals surface area (Å²) in [5.74, 6) is 0.594. The number of urea groups is 1. The molecule has 2 aliphatic heterocycles. The van der Waals surface area contributed by atoms with Crippen LogP contribution in [0.1, 0.15) is 87.4 Å². The van der Waals surface area contributed by atoms with Gasteiger partial charge in [-0.2, -0.15) is 0 Å². The molecule has 1 N–H and O–H groups in total. The van der Waals surface area contributed by atoms with Crippen LogP contribution in [0.4, 0.5) is 14.9 Å². The molecule has 2 saturated heterocycles. The largest absolute Gasteiger partial charge is 0.341 e. The van der Waals surface area contributed by atoms with Crippen molar-refractivity contribution in [2.24, 2.45) is 17.3 Å². The molecule has 0 radical (unpaired) electrons. The SMILES string of the molecule is CNC(=O)N(CCC=O)c1cc(C(=O)N2CCC3(CCC(CN4CCN(C(=O)C5CCCCC5)CC4)CC3)CC2)ccc1F. The fourth-order valence-corrected chi connectivity index (χ4v) is 7.96. The molecule has 10 heteroatoms. The number of hydrogen-bond acceptors (Lipinski definition) is 5. The lowest BCUT2D eigenvalue weighted by molar-refractivity contribution is -0.138. The zero-order chi connectivity index (χ0) is 31.1. The lowest BCUT2D eigenvalue weighted by Gasteiger charge is -2.47. The van der Waals surface area contributed by atoms with Gasteiger partial charge in [0, 0.05) is 77.3 Å². The van der Waals surface area contributed by atoms with Gasteiger partial charge in [-0.15, -0.1) is 0 Å². The average Bonchev–Trinajstić information content (AvgIpc) is 3.07. The number of carbonyl (C=O) groups is 4. The van der Waals surface area contributed by atoms with Gasteiger partial charge < -0.3 is 19.9 Å². The number of anilines is 1. The van der Waals surface area contributed by atoms with Crippen molar-refractivity contribution < 1.29 is 23.6 Å². The van der Waals surface area contributed by atoms with Gasteiger partial charge in [-0.1, -0.05) is 19.3 Å². The van der Waals surface area contributed by atoms with Gasteiger partial charge in [-0.05, 0) is 80.9 Å². The van der Waals surface area contributed by atoms with Crippen molar-refractivity contribution in [1.82, 2.24) is 20.0 Å². The minimum absolute atomic E-state index is 0.00101. The Hall–Kier alpha value is -3.01. The molecule has 0 atom stereocenters. The Balaban J connectivity index is 1.08. The zero-order valence-corrected chi connectivity index (χ0v) is 26.4. The first-order valence-electron chi connectivity index (χ1n) is 16.9. The van der Waals surface area contributed by atoms with Crippen LogP contribution in [0.25, 0.3) is 0 Å². The van der Waals surface area contributed by atoms with Crippen LogP contribution < -0.4 is 10.2 Å². The molecule has 0 bridgehead atoms. The number of benzene rings is 1. The van der Waals surface area contributed by atoms with Crippen molar-refractivity contribution in [3.8, 4) is 0 Å². The van der Waals surface area contributed by atoms with E-state index in [0.29, 0.717) is 36.8 Å². The predicted molar refractivity (Wildman–Crippen MR) is 168 cm³/mol. The second-order valence-electron chi connectivity index (χ2n) is 13.5. The van der Waals surface area contributed by atoms with Crippen LogP contribution in [0.2, 0.25) is 0 Å². The number of piperidine rings is 1. The molecular weight excluding hydrogens is 561 g/mol. The number of likely N-dealkylation sites (tertiary alicyclic amines) is 1. The van der Waals surface area contributed by atoms with Crippen LogP contribution in [0.3, 0.4) is 0 Å². The van der Waals surface area contributed by atoms with Crippen LogP contribution in [0, 0.1) is 23.1 Å². The molecule has 2 heterocycles. The molecule has 1 aromatic rings. The Morgan fingerprint density at radius 1 is 0.932 bits per heavy atom. The normalized spacial score (nSPS) is 21.7. The van der Waals surface area contributed by atoms with Crippen molar-refractivity contribution in [2.45, 2.75) is 77.0 Å². The van der Waals surface area contributed by atoms with Crippen molar-refractivity contribution in [2.75, 3.05) is 64.3 Å². The van der Waals surface area contributed by atoms with E-state index >= 15 is 0 Å². The molecule has 4 fully saturated rings. The number of nitrogens with one attached hydrogen (secondary N) is 1. The van der Waals surface area contributed by atoms with Crippen LogP contribution in [0.5, 0.6) is 0 Å². The predicted octanol–water partition coefficient (Wildman–Crippen LogP) is 4.70. The van der Waals surface area contributed by atoms with Gasteiger partial charge in [0.15, 0.2) is 0 Å². The van der Waals surface area contributed by atoms with Crippen LogP contribution in [-0.4, -0.2) is 98.2 Å². The van der Waals surface area contributed by atoms with E-state index in [4.69, 9.17) is 0 Å². The van der Waals surface area contributed by atoms with Crippen molar-refractivity contribution in [1.29, 1.82) is 0 Å². The third-order valence-electron chi connectivity index (χ3n) is 10.8. The Kier molecular flexibility index (Phi) is 10.9. The minimum Gasteiger partial charge on any atom is -0.341 e. The van der Waals surface area contributed by atoms with Crippen molar-refractivity contribution >= 4 is 29.8 Å². The van der Waals surface area contributed by atoms with Gasteiger partial charge >= 0.3 is 6.03 Å². The maximum absolute atomic E-state index is 14.7. The van der Waals surface area contributed by atoms with E-state index in [-0.39, 0.29) is 35.9 Å². The molecule has 242 valence electrons. The second-order valence-corrected chi connectivity index (χ2v) is 13.5. The first-order chi connectivity index (χ1) is 21.3. The fourth-order valence-electron chi connectivity index (χ4n) is 7.96. The van der Waals surface area contributed by atoms with E-state index in [2.05, 4.69) is 15.1 Å². The number of hydrogen-bond donors (Lipinski definition) is 1. The Morgan fingerprint density at radius 3 is 2.25 bits per heavy atom. The summed E-state index contributed by atoms with van der Waals surface area (Å²) < 4.78 is 14.7. The van der Waals surface area contributed by atoms with Crippen molar-refractivity contribution in [3.63, 3.8) is 0 Å². The summed E-state index contributed by atoms with van der Waals surface area (Å²) in [7, 11) is 1.45. The highest BCUT2D eigenvalue weighted by molar-refractivity contribution is 5.98. The Bertz CT molecular complexity index is 1160. The van der Waals surface area contributed by atoms with Crippen LogP contribution in [-0.2, 0) is 9.59 Å². The monoisotopic (exact) mass is 611 g/mol. The van der Waals surface area contributed by atoms with Crippen LogP contribution >= 0.6 is 0 Å². The molecule has 5 rings (SSSR count). The molecule has 2 aliphatic carbocycles. The topological polar surface area (TPSA) is 93.3 Å². The highest BCUT2D eigenvalue weighted by Crippen LogP contribution is 2.46. The Labute approximate surface area is 261 Å². The summed E-state index contributed by atoms with van der Waals surface area (Å²) in [4.78, 5) is 57.4. The molecule has 44 heavy (non-hydrogen) atoms. The van der Waals surface area contributed by atoms with E-state index in [0.717, 1.165) is 58.4 Å². The molecule has 4 amide bonds. The molecule has 0 aromatic heterocycles. The van der Waals surface area contributed by atoms with E-state index < -0.39 is 11.8 Å². The third kappa shape index (κ3) is 7.61. The first kappa shape index (κ1) is 32.4. The maximum atomic E-state index is 14.7. The van der Waals surface area contributed by atoms with Gasteiger partial charge in [-0.25, -0.2) is 9.18 Å². The van der Waals surface area contributed by atoms with E-state index in [1.165, 1.54) is 75.1 Å². The quantitative estimate of drug-likeness (QED) is 0.431. The standard InChI is InChI=1S/C34H50FN5O4/c1-36-33(44)40(16-5-23-41)30-24-28(8-9-29(30)35)32(43)38-17-14-34(15-18-38)12-10-26(11-13-34)25-37-19-21-39(22-20-37)31(42)27-6-3-2-4-7-27/h8-9,23-24,26-27H,2-7,10-22,25H2,1H3,(H,36,44). The molecule has 1 aromatic carbocycles. The highest BCUT2D eigenvalue weighted by atomic mass is 19.1. The molecule has 1 spiro atoms. The maximum Gasteiger partial charge on any atom is 0.321 e. The highest BCUT2D eigenvalue weighted by Gasteiger charge is 2.40. The Morgan fingerprint density at radius 2 is 1.61 bits per heavy atom. The second kappa shape index (κ2) is 14.8. The van der Waals surface area contributed by atoms with E-state index in [9.17, 15) is 23.6 Å². The zero-order valence-electron chi connectivity index (χ0n) is 26.4. The summed E-state index contributed by atoms with van der Waals surface area (Å²) in [6.07, 6.45) is 13.3. The smallest absolute Gasteiger partial charge is 0.321 e. The van der Waals surface area contributed by atoms with Gasteiger partial charge in [-0.3, -0.25) is 19.4 Å². The third-order valence-corrected chi connectivity index (χ3v) is 10.8. The molecule has 4 aliphatic rings. The average molecular weight is 612 g/mol. The van der Waals surface area contributed by atoms with Gasteiger partial charge in [0.05, 0.1) is 5.69 Å². The minimum atomic E-state index is -0.611. The fraction of sp³-hybridized carbons (Fsp3) is 0.706. The van der Waals surface area contributed by atoms with Gasteiger partial charge in [0.25, 0.3) is 5.91 Å². The molecule has 9 nitrogen and oxygen atoms in total. The molecular formula is C34H50FN5O4. The van der Waals surface area contributed by atoms with Crippen LogP contribution in [0.15, 0.2) is 18.2 Å². The van der Waals surface area contributed by atoms with Crippen molar-refractivity contribution in [3.05, 3.63) is 29.6 Å². The van der Waals surface area contributed by atoms with E-state index in [1.807, 2.05) is 4.90 Å². The summed E-state index contributed by atoms with van der Waals surface area (Å²) in [5, 5.41) is 2.48. The number of rotatable bonds is 8. The lowest BCUT2D eigenvalue weighted by atomic mass is 9.65. The number of aldehydes is 1. The summed E-state index contributed by atoms with van der Waals surface area (Å²) in [6.45, 7) is 6.22. The van der Waals surface area contributed by atoms with Gasteiger partial charge in [0.2, 0.25) is 5.91 Å². The van der Waals surface area contributed by atoms with E-state index in [1.54, 1.807) is 0 Å². The lowest BCUT2D eigenvalue weighted by Crippen LogP contribution is -2.51. The molecule has 0 unspecified atom stereocenters. The summed E-state index contributed by atoms with van der Waals surface area (Å²) >= 11 is 0. The first-order valence-corrected chi connectivity index (χ1v) is 16.9. The molecule has 2 saturated carbocycles. The summed E-state index contributed by atoms with van der Waals surface area (Å²) in [5.41, 5.74) is 0.639. The number of piperazine rings is 1. The number of nitrogens with zero attached hydrogens (tertiary/aromatic N) is 4.